The molecule has 1 aliphatic rings. The predicted octanol–water partition coefficient (Wildman–Crippen LogP) is 4.42. The van der Waals surface area contributed by atoms with Crippen LogP contribution in [-0.2, 0) is 6.54 Å². The third-order valence-electron chi connectivity index (χ3n) is 4.24. The van der Waals surface area contributed by atoms with Gasteiger partial charge in [0.25, 0.3) is 5.69 Å². The minimum Gasteiger partial charge on any atom is -0.310 e. The molecule has 0 saturated heterocycles. The highest BCUT2D eigenvalue weighted by molar-refractivity contribution is 9.10. The molecule has 110 valence electrons. The van der Waals surface area contributed by atoms with Gasteiger partial charge in [-0.1, -0.05) is 38.3 Å². The third-order valence-corrected chi connectivity index (χ3v) is 5.16. The molecule has 1 aromatic rings. The molecule has 0 spiro atoms. The number of hydrogen-bond acceptors (Lipinski definition) is 3. The average Bonchev–Trinajstić information content (AvgIpc) is 2.46. The average molecular weight is 341 g/mol. The van der Waals surface area contributed by atoms with Crippen LogP contribution in [0, 0.1) is 16.0 Å². The van der Waals surface area contributed by atoms with Crippen molar-refractivity contribution in [1.82, 2.24) is 5.32 Å². The Kier molecular flexibility index (Phi) is 5.54. The van der Waals surface area contributed by atoms with Crippen LogP contribution >= 0.6 is 15.9 Å². The number of halogens is 1. The highest BCUT2D eigenvalue weighted by Gasteiger charge is 2.23. The summed E-state index contributed by atoms with van der Waals surface area (Å²) in [4.78, 5) is 10.6. The molecule has 1 N–H and O–H groups in total. The number of nitro benzene ring substituents is 1. The van der Waals surface area contributed by atoms with Crippen LogP contribution in [0.2, 0.25) is 0 Å². The topological polar surface area (TPSA) is 55.2 Å². The summed E-state index contributed by atoms with van der Waals surface area (Å²) >= 11 is 3.36. The summed E-state index contributed by atoms with van der Waals surface area (Å²) in [6.45, 7) is 2.93. The summed E-state index contributed by atoms with van der Waals surface area (Å²) in [5.41, 5.74) is 1.10. The zero-order valence-electron chi connectivity index (χ0n) is 11.8. The Balaban J connectivity index is 2.03. The van der Waals surface area contributed by atoms with E-state index in [1.165, 1.54) is 38.2 Å². The Labute approximate surface area is 128 Å². The smallest absolute Gasteiger partial charge is 0.283 e. The Morgan fingerprint density at radius 1 is 1.40 bits per heavy atom. The minimum absolute atomic E-state index is 0.139. The lowest BCUT2D eigenvalue weighted by Crippen LogP contribution is -2.37. The van der Waals surface area contributed by atoms with E-state index in [1.807, 2.05) is 6.07 Å². The molecule has 0 bridgehead atoms. The second-order valence-electron chi connectivity index (χ2n) is 5.45. The SMILES string of the molecule is CCC1CCCCC1NCc1cccc([N+](=O)[O-])c1Br. The summed E-state index contributed by atoms with van der Waals surface area (Å²) < 4.78 is 0.598. The van der Waals surface area contributed by atoms with Crippen LogP contribution in [0.4, 0.5) is 5.69 Å². The van der Waals surface area contributed by atoms with Crippen molar-refractivity contribution in [3.63, 3.8) is 0 Å². The highest BCUT2D eigenvalue weighted by atomic mass is 79.9. The molecule has 1 fully saturated rings. The summed E-state index contributed by atoms with van der Waals surface area (Å²) in [5.74, 6) is 0.737. The maximum absolute atomic E-state index is 10.9. The third kappa shape index (κ3) is 3.58. The van der Waals surface area contributed by atoms with Crippen molar-refractivity contribution in [1.29, 1.82) is 0 Å². The van der Waals surface area contributed by atoms with Gasteiger partial charge in [0.05, 0.1) is 9.40 Å². The molecule has 1 saturated carbocycles. The van der Waals surface area contributed by atoms with E-state index in [0.29, 0.717) is 17.1 Å². The van der Waals surface area contributed by atoms with Crippen molar-refractivity contribution >= 4 is 21.6 Å². The number of nitro groups is 1. The van der Waals surface area contributed by atoms with E-state index in [-0.39, 0.29) is 10.6 Å². The second-order valence-corrected chi connectivity index (χ2v) is 6.24. The zero-order chi connectivity index (χ0) is 14.5. The van der Waals surface area contributed by atoms with Crippen LogP contribution in [-0.4, -0.2) is 11.0 Å². The molecule has 1 aliphatic carbocycles. The number of rotatable bonds is 5. The van der Waals surface area contributed by atoms with Crippen molar-refractivity contribution in [2.75, 3.05) is 0 Å². The maximum Gasteiger partial charge on any atom is 0.283 e. The first-order chi connectivity index (χ1) is 9.63. The quantitative estimate of drug-likeness (QED) is 0.637. The molecule has 0 radical (unpaired) electrons. The van der Waals surface area contributed by atoms with Crippen LogP contribution < -0.4 is 5.32 Å². The van der Waals surface area contributed by atoms with Crippen LogP contribution in [0.25, 0.3) is 0 Å². The van der Waals surface area contributed by atoms with Gasteiger partial charge in [0.15, 0.2) is 0 Å². The van der Waals surface area contributed by atoms with Gasteiger partial charge in [-0.25, -0.2) is 0 Å². The standard InChI is InChI=1S/C15H21BrN2O2/c1-2-11-6-3-4-8-13(11)17-10-12-7-5-9-14(15(12)16)18(19)20/h5,7,9,11,13,17H,2-4,6,8,10H2,1H3. The Morgan fingerprint density at radius 2 is 2.15 bits per heavy atom. The van der Waals surface area contributed by atoms with Gasteiger partial charge in [0, 0.05) is 18.7 Å². The molecular formula is C15H21BrN2O2. The number of hydrogen-bond donors (Lipinski definition) is 1. The number of nitrogens with zero attached hydrogens (tertiary/aromatic N) is 1. The Hall–Kier alpha value is -0.940. The van der Waals surface area contributed by atoms with Gasteiger partial charge in [0.2, 0.25) is 0 Å². The molecule has 20 heavy (non-hydrogen) atoms. The van der Waals surface area contributed by atoms with E-state index >= 15 is 0 Å². The lowest BCUT2D eigenvalue weighted by Gasteiger charge is -2.31. The Bertz CT molecular complexity index is 479. The van der Waals surface area contributed by atoms with Crippen molar-refractivity contribution in [2.24, 2.45) is 5.92 Å². The van der Waals surface area contributed by atoms with E-state index in [2.05, 4.69) is 28.2 Å². The number of nitrogens with one attached hydrogen (secondary N) is 1. The molecule has 4 nitrogen and oxygen atoms in total. The molecule has 0 aromatic heterocycles. The van der Waals surface area contributed by atoms with E-state index in [1.54, 1.807) is 6.07 Å². The van der Waals surface area contributed by atoms with E-state index in [0.717, 1.165) is 11.5 Å². The first kappa shape index (κ1) is 15.4. The van der Waals surface area contributed by atoms with Crippen LogP contribution in [0.5, 0.6) is 0 Å². The van der Waals surface area contributed by atoms with E-state index in [4.69, 9.17) is 0 Å². The molecule has 2 atom stereocenters. The van der Waals surface area contributed by atoms with Crippen molar-refractivity contribution in [2.45, 2.75) is 51.6 Å². The zero-order valence-corrected chi connectivity index (χ0v) is 13.4. The lowest BCUT2D eigenvalue weighted by atomic mass is 9.83. The minimum atomic E-state index is -0.344. The van der Waals surface area contributed by atoms with Gasteiger partial charge >= 0.3 is 0 Å². The number of benzene rings is 1. The molecule has 2 rings (SSSR count). The molecule has 0 amide bonds. The molecule has 5 heteroatoms. The van der Waals surface area contributed by atoms with E-state index < -0.39 is 0 Å². The van der Waals surface area contributed by atoms with E-state index in [9.17, 15) is 10.1 Å². The van der Waals surface area contributed by atoms with Crippen molar-refractivity contribution in [3.05, 3.63) is 38.3 Å². The molecular weight excluding hydrogens is 320 g/mol. The van der Waals surface area contributed by atoms with Crippen molar-refractivity contribution < 1.29 is 4.92 Å². The first-order valence-corrected chi connectivity index (χ1v) is 8.08. The largest absolute Gasteiger partial charge is 0.310 e. The van der Waals surface area contributed by atoms with Gasteiger partial charge in [-0.3, -0.25) is 10.1 Å². The predicted molar refractivity (Wildman–Crippen MR) is 83.7 cm³/mol. The van der Waals surface area contributed by atoms with Crippen LogP contribution in [0.1, 0.15) is 44.6 Å². The van der Waals surface area contributed by atoms with Gasteiger partial charge in [-0.2, -0.15) is 0 Å². The molecule has 0 heterocycles. The van der Waals surface area contributed by atoms with Gasteiger partial charge in [-0.05, 0) is 40.3 Å². The summed E-state index contributed by atoms with van der Waals surface area (Å²) in [6.07, 6.45) is 6.32. The fourth-order valence-electron chi connectivity index (χ4n) is 3.05. The summed E-state index contributed by atoms with van der Waals surface area (Å²) in [7, 11) is 0. The summed E-state index contributed by atoms with van der Waals surface area (Å²) in [5, 5.41) is 14.5. The fraction of sp³-hybridized carbons (Fsp3) is 0.600. The van der Waals surface area contributed by atoms with Gasteiger partial charge in [0.1, 0.15) is 0 Å². The summed E-state index contributed by atoms with van der Waals surface area (Å²) in [6, 6.07) is 5.76. The highest BCUT2D eigenvalue weighted by Crippen LogP contribution is 2.30. The van der Waals surface area contributed by atoms with Gasteiger partial charge in [-0.15, -0.1) is 0 Å². The van der Waals surface area contributed by atoms with Gasteiger partial charge < -0.3 is 5.32 Å². The molecule has 1 aromatic carbocycles. The molecule has 0 aliphatic heterocycles. The first-order valence-electron chi connectivity index (χ1n) is 7.28. The fourth-order valence-corrected chi connectivity index (χ4v) is 3.60. The normalized spacial score (nSPS) is 22.7. The van der Waals surface area contributed by atoms with Crippen LogP contribution in [0.15, 0.2) is 22.7 Å². The van der Waals surface area contributed by atoms with Crippen molar-refractivity contribution in [3.8, 4) is 0 Å². The van der Waals surface area contributed by atoms with Crippen LogP contribution in [0.3, 0.4) is 0 Å². The second kappa shape index (κ2) is 7.18. The lowest BCUT2D eigenvalue weighted by molar-refractivity contribution is -0.385. The maximum atomic E-state index is 10.9. The Morgan fingerprint density at radius 3 is 2.85 bits per heavy atom. The monoisotopic (exact) mass is 340 g/mol. The molecule has 2 unspecified atom stereocenters.